The molecule has 2 aromatic rings. The Bertz CT molecular complexity index is 782. The Morgan fingerprint density at radius 2 is 1.93 bits per heavy atom. The summed E-state index contributed by atoms with van der Waals surface area (Å²) in [5, 5.41) is 3.33. The second kappa shape index (κ2) is 10.5. The van der Waals surface area contributed by atoms with Crippen LogP contribution in [-0.2, 0) is 6.54 Å². The predicted molar refractivity (Wildman–Crippen MR) is 109 cm³/mol. The summed E-state index contributed by atoms with van der Waals surface area (Å²) < 4.78 is 29.7. The van der Waals surface area contributed by atoms with Crippen LogP contribution in [0.4, 0.5) is 14.7 Å². The van der Waals surface area contributed by atoms with Crippen molar-refractivity contribution in [2.75, 3.05) is 44.2 Å². The SMILES string of the molecule is CCNC(=NCc1cccc(OCC(F)F)c1)N1CCN(c2ncccn2)CC1. The van der Waals surface area contributed by atoms with E-state index in [0.717, 1.165) is 50.2 Å². The highest BCUT2D eigenvalue weighted by atomic mass is 19.3. The summed E-state index contributed by atoms with van der Waals surface area (Å²) in [7, 11) is 0. The molecule has 0 radical (unpaired) electrons. The van der Waals surface area contributed by atoms with Crippen LogP contribution in [0.2, 0.25) is 0 Å². The first-order valence-electron chi connectivity index (χ1n) is 9.71. The average molecular weight is 404 g/mol. The van der Waals surface area contributed by atoms with Crippen molar-refractivity contribution < 1.29 is 13.5 Å². The first-order chi connectivity index (χ1) is 14.2. The van der Waals surface area contributed by atoms with Gasteiger partial charge in [0.15, 0.2) is 5.96 Å². The lowest BCUT2D eigenvalue weighted by molar-refractivity contribution is 0.0818. The third-order valence-electron chi connectivity index (χ3n) is 4.43. The van der Waals surface area contributed by atoms with Gasteiger partial charge in [-0.2, -0.15) is 0 Å². The fourth-order valence-electron chi connectivity index (χ4n) is 3.06. The first kappa shape index (κ1) is 20.8. The zero-order valence-electron chi connectivity index (χ0n) is 16.5. The molecule has 0 bridgehead atoms. The third-order valence-corrected chi connectivity index (χ3v) is 4.43. The van der Waals surface area contributed by atoms with Gasteiger partial charge in [-0.3, -0.25) is 0 Å². The number of aromatic nitrogens is 2. The van der Waals surface area contributed by atoms with Crippen molar-refractivity contribution in [3.63, 3.8) is 0 Å². The van der Waals surface area contributed by atoms with Gasteiger partial charge in [0.2, 0.25) is 5.95 Å². The first-order valence-corrected chi connectivity index (χ1v) is 9.71. The van der Waals surface area contributed by atoms with Crippen molar-refractivity contribution in [1.82, 2.24) is 20.2 Å². The summed E-state index contributed by atoms with van der Waals surface area (Å²) in [5.74, 6) is 2.01. The Morgan fingerprint density at radius 3 is 2.62 bits per heavy atom. The number of nitrogens with zero attached hydrogens (tertiary/aromatic N) is 5. The quantitative estimate of drug-likeness (QED) is 0.565. The van der Waals surface area contributed by atoms with E-state index in [1.165, 1.54) is 0 Å². The van der Waals surface area contributed by atoms with Crippen molar-refractivity contribution in [3.8, 4) is 5.75 Å². The molecule has 0 atom stereocenters. The normalized spacial score (nSPS) is 15.0. The maximum atomic E-state index is 12.3. The van der Waals surface area contributed by atoms with Crippen LogP contribution in [0.5, 0.6) is 5.75 Å². The van der Waals surface area contributed by atoms with Crippen LogP contribution in [0.15, 0.2) is 47.7 Å². The number of hydrogen-bond acceptors (Lipinski definition) is 5. The second-order valence-electron chi connectivity index (χ2n) is 6.54. The van der Waals surface area contributed by atoms with Crippen LogP contribution < -0.4 is 15.0 Å². The van der Waals surface area contributed by atoms with E-state index in [1.54, 1.807) is 30.6 Å². The molecule has 1 aliphatic heterocycles. The molecule has 0 aliphatic carbocycles. The number of benzene rings is 1. The van der Waals surface area contributed by atoms with E-state index >= 15 is 0 Å². The summed E-state index contributed by atoms with van der Waals surface area (Å²) in [6.45, 7) is 5.86. The largest absolute Gasteiger partial charge is 0.488 e. The highest BCUT2D eigenvalue weighted by Gasteiger charge is 2.21. The van der Waals surface area contributed by atoms with Gasteiger partial charge in [-0.05, 0) is 30.7 Å². The molecule has 0 spiro atoms. The maximum absolute atomic E-state index is 12.3. The lowest BCUT2D eigenvalue weighted by atomic mass is 10.2. The van der Waals surface area contributed by atoms with Gasteiger partial charge in [-0.1, -0.05) is 12.1 Å². The summed E-state index contributed by atoms with van der Waals surface area (Å²) in [4.78, 5) is 17.7. The van der Waals surface area contributed by atoms with Crippen LogP contribution in [0, 0.1) is 0 Å². The third kappa shape index (κ3) is 6.27. The standard InChI is InChI=1S/C20H26F2N6O/c1-2-23-19(26-14-16-5-3-6-17(13-16)29-15-18(21)22)27-9-11-28(12-10-27)20-24-7-4-8-25-20/h3-8,13,18H,2,9-12,14-15H2,1H3,(H,23,26). The fourth-order valence-corrected chi connectivity index (χ4v) is 3.06. The Kier molecular flexibility index (Phi) is 7.54. The number of hydrogen-bond donors (Lipinski definition) is 1. The van der Waals surface area contributed by atoms with Gasteiger partial charge < -0.3 is 19.9 Å². The van der Waals surface area contributed by atoms with Crippen molar-refractivity contribution in [1.29, 1.82) is 0 Å². The lowest BCUT2D eigenvalue weighted by Gasteiger charge is -2.36. The van der Waals surface area contributed by atoms with Gasteiger partial charge in [0.1, 0.15) is 12.4 Å². The molecule has 2 heterocycles. The Balaban J connectivity index is 1.60. The number of halogens is 2. The van der Waals surface area contributed by atoms with E-state index in [2.05, 4.69) is 25.1 Å². The minimum Gasteiger partial charge on any atom is -0.488 e. The molecule has 1 aromatic carbocycles. The molecule has 0 saturated carbocycles. The van der Waals surface area contributed by atoms with Gasteiger partial charge in [0.25, 0.3) is 6.43 Å². The molecule has 0 unspecified atom stereocenters. The molecule has 1 aromatic heterocycles. The Hall–Kier alpha value is -2.97. The Labute approximate surface area is 169 Å². The second-order valence-corrected chi connectivity index (χ2v) is 6.54. The molecule has 29 heavy (non-hydrogen) atoms. The van der Waals surface area contributed by atoms with E-state index in [9.17, 15) is 8.78 Å². The van der Waals surface area contributed by atoms with Gasteiger partial charge in [-0.15, -0.1) is 0 Å². The van der Waals surface area contributed by atoms with Crippen LogP contribution in [0.25, 0.3) is 0 Å². The summed E-state index contributed by atoms with van der Waals surface area (Å²) in [6.07, 6.45) is 1.01. The lowest BCUT2D eigenvalue weighted by Crippen LogP contribution is -2.52. The van der Waals surface area contributed by atoms with Crippen molar-refractivity contribution in [3.05, 3.63) is 48.3 Å². The van der Waals surface area contributed by atoms with Crippen LogP contribution in [0.1, 0.15) is 12.5 Å². The van der Waals surface area contributed by atoms with Crippen LogP contribution in [-0.4, -0.2) is 66.6 Å². The molecule has 7 nitrogen and oxygen atoms in total. The van der Waals surface area contributed by atoms with Crippen molar-refractivity contribution in [2.45, 2.75) is 19.9 Å². The van der Waals surface area contributed by atoms with Crippen molar-refractivity contribution >= 4 is 11.9 Å². The summed E-state index contributed by atoms with van der Waals surface area (Å²) in [6, 6.07) is 8.93. The minimum absolute atomic E-state index is 0.430. The van der Waals surface area contributed by atoms with E-state index in [1.807, 2.05) is 19.1 Å². The number of anilines is 1. The molecule has 1 N–H and O–H groups in total. The van der Waals surface area contributed by atoms with Crippen molar-refractivity contribution in [2.24, 2.45) is 4.99 Å². The van der Waals surface area contributed by atoms with E-state index in [4.69, 9.17) is 9.73 Å². The topological polar surface area (TPSA) is 65.9 Å². The molecule has 9 heteroatoms. The predicted octanol–water partition coefficient (Wildman–Crippen LogP) is 2.41. The minimum atomic E-state index is -2.49. The summed E-state index contributed by atoms with van der Waals surface area (Å²) in [5.41, 5.74) is 0.906. The molecular weight excluding hydrogens is 378 g/mol. The number of rotatable bonds is 7. The molecule has 1 aliphatic rings. The Morgan fingerprint density at radius 1 is 1.17 bits per heavy atom. The number of guanidine groups is 1. The molecule has 1 saturated heterocycles. The molecule has 3 rings (SSSR count). The zero-order valence-corrected chi connectivity index (χ0v) is 16.5. The van der Waals surface area contributed by atoms with Crippen LogP contribution in [0.3, 0.4) is 0 Å². The monoisotopic (exact) mass is 404 g/mol. The molecule has 0 amide bonds. The highest BCUT2D eigenvalue weighted by molar-refractivity contribution is 5.80. The maximum Gasteiger partial charge on any atom is 0.272 e. The van der Waals surface area contributed by atoms with Gasteiger partial charge in [0, 0.05) is 45.1 Å². The smallest absolute Gasteiger partial charge is 0.272 e. The number of aliphatic imine (C=N–C) groups is 1. The number of ether oxygens (including phenoxy) is 1. The number of alkyl halides is 2. The highest BCUT2D eigenvalue weighted by Crippen LogP contribution is 2.15. The van der Waals surface area contributed by atoms with E-state index in [-0.39, 0.29) is 0 Å². The zero-order chi connectivity index (χ0) is 20.5. The molecular formula is C20H26F2N6O. The van der Waals surface area contributed by atoms with E-state index < -0.39 is 13.0 Å². The van der Waals surface area contributed by atoms with Crippen LogP contribution >= 0.6 is 0 Å². The number of nitrogens with one attached hydrogen (secondary N) is 1. The number of piperazine rings is 1. The molecule has 1 fully saturated rings. The van der Waals surface area contributed by atoms with Gasteiger partial charge >= 0.3 is 0 Å². The van der Waals surface area contributed by atoms with E-state index in [0.29, 0.717) is 12.3 Å². The molecule has 156 valence electrons. The van der Waals surface area contributed by atoms with Gasteiger partial charge in [-0.25, -0.2) is 23.7 Å². The average Bonchev–Trinajstić information content (AvgIpc) is 2.76. The fraction of sp³-hybridized carbons (Fsp3) is 0.450. The summed E-state index contributed by atoms with van der Waals surface area (Å²) >= 11 is 0. The van der Waals surface area contributed by atoms with Gasteiger partial charge in [0.05, 0.1) is 6.54 Å².